The second-order valence-electron chi connectivity index (χ2n) is 3.34. The van der Waals surface area contributed by atoms with Crippen molar-refractivity contribution in [3.63, 3.8) is 0 Å². The van der Waals surface area contributed by atoms with Crippen LogP contribution in [0.15, 0.2) is 0 Å². The summed E-state index contributed by atoms with van der Waals surface area (Å²) in [6, 6.07) is 0. The van der Waals surface area contributed by atoms with Crippen LogP contribution in [0.2, 0.25) is 0 Å². The number of amides is 1. The molecule has 0 bridgehead atoms. The number of aryl methyl sites for hydroxylation is 2. The Morgan fingerprint density at radius 1 is 1.22 bits per heavy atom. The first-order chi connectivity index (χ1) is 8.63. The Hall–Kier alpha value is -2.01. The predicted octanol–water partition coefficient (Wildman–Crippen LogP) is -0.606. The van der Waals surface area contributed by atoms with Gasteiger partial charge in [0.15, 0.2) is 11.6 Å². The van der Waals surface area contributed by atoms with E-state index in [-0.39, 0.29) is 0 Å². The van der Waals surface area contributed by atoms with Crippen LogP contribution in [-0.2, 0) is 17.6 Å². The van der Waals surface area contributed by atoms with Crippen molar-refractivity contribution in [2.75, 3.05) is 11.3 Å². The van der Waals surface area contributed by atoms with Crippen LogP contribution in [0.3, 0.4) is 0 Å². The highest BCUT2D eigenvalue weighted by molar-refractivity contribution is 7.71. The fraction of sp³-hybridized carbons (Fsp3) is 0.286. The number of nitrogen functional groups attached to an aromatic ring is 1. The van der Waals surface area contributed by atoms with E-state index >= 15 is 0 Å². The molecule has 2 rings (SSSR count). The summed E-state index contributed by atoms with van der Waals surface area (Å²) in [6.07, 6.45) is 1.52. The summed E-state index contributed by atoms with van der Waals surface area (Å²) in [4.78, 5) is 10.4. The van der Waals surface area contributed by atoms with Gasteiger partial charge in [0.25, 0.3) is 0 Å². The molecule has 0 atom stereocenters. The van der Waals surface area contributed by atoms with E-state index in [4.69, 9.17) is 30.3 Å². The lowest BCUT2D eigenvalue weighted by Crippen LogP contribution is -2.18. The van der Waals surface area contributed by atoms with Crippen LogP contribution in [0.5, 0.6) is 0 Å². The number of rotatable bonds is 5. The lowest BCUT2D eigenvalue weighted by atomic mass is 10.3. The number of carbonyl (C=O) groups excluding carboxylic acids is 1. The predicted molar refractivity (Wildman–Crippen MR) is 67.8 cm³/mol. The maximum Gasteiger partial charge on any atom is 0.226 e. The molecule has 96 valence electrons. The highest BCUT2D eigenvalue weighted by Crippen LogP contribution is 2.01. The average Bonchev–Trinajstić information content (AvgIpc) is 2.85. The number of nitrogens with zero attached hydrogens (tertiary/aromatic N) is 4. The van der Waals surface area contributed by atoms with Gasteiger partial charge in [0.2, 0.25) is 16.0 Å². The zero-order chi connectivity index (χ0) is 13.1. The van der Waals surface area contributed by atoms with Crippen LogP contribution < -0.4 is 11.3 Å². The number of hydrogen-bond acceptors (Lipinski definition) is 6. The molecular formula is C7H10N8OS2. The van der Waals surface area contributed by atoms with Gasteiger partial charge in [-0.3, -0.25) is 20.4 Å². The molecule has 2 aromatic rings. The van der Waals surface area contributed by atoms with Gasteiger partial charge in [-0.2, -0.15) is 10.2 Å². The fourth-order valence-electron chi connectivity index (χ4n) is 1.42. The molecule has 0 aliphatic heterocycles. The van der Waals surface area contributed by atoms with Gasteiger partial charge < -0.3 is 5.84 Å². The highest BCUT2D eigenvalue weighted by atomic mass is 32.1. The quantitative estimate of drug-likeness (QED) is 0.330. The number of H-pyrrole nitrogens is 2. The SMILES string of the molecule is Nn1c(CCc2n[nH]c(=S)n2NC=O)n[nH]c1=S. The third-order valence-corrected chi connectivity index (χ3v) is 2.84. The first-order valence-corrected chi connectivity index (χ1v) is 5.73. The van der Waals surface area contributed by atoms with Gasteiger partial charge in [-0.05, 0) is 24.4 Å². The van der Waals surface area contributed by atoms with E-state index in [1.165, 1.54) is 9.35 Å². The zero-order valence-electron chi connectivity index (χ0n) is 9.08. The van der Waals surface area contributed by atoms with Crippen molar-refractivity contribution in [3.8, 4) is 0 Å². The summed E-state index contributed by atoms with van der Waals surface area (Å²) in [5.41, 5.74) is 2.43. The second kappa shape index (κ2) is 5.10. The molecular weight excluding hydrogens is 276 g/mol. The minimum absolute atomic E-state index is 0.309. The molecule has 0 unspecified atom stereocenters. The number of aromatic amines is 2. The third-order valence-electron chi connectivity index (χ3n) is 2.27. The molecule has 11 heteroatoms. The molecule has 1 amide bonds. The molecule has 0 spiro atoms. The first kappa shape index (κ1) is 12.4. The topological polar surface area (TPSA) is 122 Å². The van der Waals surface area contributed by atoms with Gasteiger partial charge >= 0.3 is 0 Å². The van der Waals surface area contributed by atoms with Crippen LogP contribution in [0, 0.1) is 9.54 Å². The monoisotopic (exact) mass is 286 g/mol. The van der Waals surface area contributed by atoms with E-state index in [0.717, 1.165) is 0 Å². The number of nitrogens with one attached hydrogen (secondary N) is 3. The lowest BCUT2D eigenvalue weighted by Gasteiger charge is -2.03. The number of nitrogens with two attached hydrogens (primary N) is 1. The van der Waals surface area contributed by atoms with E-state index in [1.54, 1.807) is 0 Å². The summed E-state index contributed by atoms with van der Waals surface area (Å²) < 4.78 is 3.32. The lowest BCUT2D eigenvalue weighted by molar-refractivity contribution is -0.106. The molecule has 0 saturated carbocycles. The smallest absolute Gasteiger partial charge is 0.226 e. The van der Waals surface area contributed by atoms with Crippen molar-refractivity contribution in [2.45, 2.75) is 12.8 Å². The zero-order valence-corrected chi connectivity index (χ0v) is 10.7. The Bertz CT molecular complexity index is 664. The normalized spacial score (nSPS) is 10.4. The molecule has 5 N–H and O–H groups in total. The van der Waals surface area contributed by atoms with Crippen molar-refractivity contribution in [2.24, 2.45) is 0 Å². The Balaban J connectivity index is 2.15. The van der Waals surface area contributed by atoms with E-state index in [0.29, 0.717) is 40.4 Å². The number of hydrogen-bond donors (Lipinski definition) is 4. The standard InChI is InChI=1S/C7H10N8OS2/c8-14-4(10-12-6(14)17)1-2-5-11-13-7(18)15(5)9-3-16/h3H,1-2,8H2,(H,9,16)(H,12,17)(H,13,18). The van der Waals surface area contributed by atoms with E-state index < -0.39 is 0 Å². The first-order valence-electron chi connectivity index (χ1n) is 4.91. The second-order valence-corrected chi connectivity index (χ2v) is 4.12. The van der Waals surface area contributed by atoms with Crippen molar-refractivity contribution in [3.05, 3.63) is 21.2 Å². The van der Waals surface area contributed by atoms with Crippen molar-refractivity contribution in [1.29, 1.82) is 0 Å². The third kappa shape index (κ3) is 2.31. The van der Waals surface area contributed by atoms with Crippen LogP contribution in [-0.4, -0.2) is 36.2 Å². The largest absolute Gasteiger partial charge is 0.335 e. The Morgan fingerprint density at radius 3 is 2.44 bits per heavy atom. The van der Waals surface area contributed by atoms with Crippen LogP contribution in [0.25, 0.3) is 0 Å². The summed E-state index contributed by atoms with van der Waals surface area (Å²) in [5, 5.41) is 13.1. The van der Waals surface area contributed by atoms with Crippen LogP contribution in [0.1, 0.15) is 11.6 Å². The Kier molecular flexibility index (Phi) is 3.53. The molecule has 0 fully saturated rings. The summed E-state index contributed by atoms with van der Waals surface area (Å²) in [5.74, 6) is 6.82. The highest BCUT2D eigenvalue weighted by Gasteiger charge is 2.09. The summed E-state index contributed by atoms with van der Waals surface area (Å²) in [6.45, 7) is 0. The molecule has 0 aromatic carbocycles. The molecule has 18 heavy (non-hydrogen) atoms. The van der Waals surface area contributed by atoms with E-state index in [2.05, 4.69) is 25.8 Å². The number of aromatic nitrogens is 6. The molecule has 0 aliphatic rings. The van der Waals surface area contributed by atoms with Crippen molar-refractivity contribution in [1.82, 2.24) is 29.7 Å². The minimum Gasteiger partial charge on any atom is -0.335 e. The van der Waals surface area contributed by atoms with Gasteiger partial charge in [-0.15, -0.1) is 0 Å². The van der Waals surface area contributed by atoms with E-state index in [9.17, 15) is 4.79 Å². The maximum absolute atomic E-state index is 10.4. The molecule has 9 nitrogen and oxygen atoms in total. The van der Waals surface area contributed by atoms with Gasteiger partial charge in [0.1, 0.15) is 0 Å². The van der Waals surface area contributed by atoms with Crippen LogP contribution >= 0.6 is 24.4 Å². The minimum atomic E-state index is 0.309. The average molecular weight is 286 g/mol. The molecule has 0 saturated heterocycles. The maximum atomic E-state index is 10.4. The van der Waals surface area contributed by atoms with Crippen LogP contribution in [0.4, 0.5) is 0 Å². The molecule has 0 radical (unpaired) electrons. The number of carbonyl (C=O) groups is 1. The summed E-state index contributed by atoms with van der Waals surface area (Å²) >= 11 is 9.85. The van der Waals surface area contributed by atoms with Crippen molar-refractivity contribution < 1.29 is 4.79 Å². The molecule has 0 aliphatic carbocycles. The van der Waals surface area contributed by atoms with Gasteiger partial charge in [-0.1, -0.05) is 0 Å². The van der Waals surface area contributed by atoms with Crippen molar-refractivity contribution >= 4 is 30.8 Å². The molecule has 2 heterocycles. The Labute approximate surface area is 111 Å². The summed E-state index contributed by atoms with van der Waals surface area (Å²) in [7, 11) is 0. The van der Waals surface area contributed by atoms with E-state index in [1.807, 2.05) is 0 Å². The molecule has 2 aromatic heterocycles. The fourth-order valence-corrected chi connectivity index (χ4v) is 1.78. The van der Waals surface area contributed by atoms with Gasteiger partial charge in [-0.25, -0.2) is 9.35 Å². The van der Waals surface area contributed by atoms with Gasteiger partial charge in [0, 0.05) is 12.8 Å². The Morgan fingerprint density at radius 2 is 1.83 bits per heavy atom. The van der Waals surface area contributed by atoms with Gasteiger partial charge in [0.05, 0.1) is 0 Å².